The summed E-state index contributed by atoms with van der Waals surface area (Å²) in [7, 11) is 0. The molecule has 0 bridgehead atoms. The van der Waals surface area contributed by atoms with Gasteiger partial charge in [0, 0.05) is 11.6 Å². The third-order valence-corrected chi connectivity index (χ3v) is 2.55. The zero-order valence-corrected chi connectivity index (χ0v) is 12.1. The van der Waals surface area contributed by atoms with E-state index in [2.05, 4.69) is 5.10 Å². The Bertz CT molecular complexity index is 492. The first-order valence-corrected chi connectivity index (χ1v) is 6.48. The van der Waals surface area contributed by atoms with Crippen molar-refractivity contribution in [2.45, 2.75) is 13.8 Å². The molecule has 7 heteroatoms. The van der Waals surface area contributed by atoms with Crippen LogP contribution in [0.1, 0.15) is 19.4 Å². The third-order valence-electron chi connectivity index (χ3n) is 2.23. The lowest BCUT2D eigenvalue weighted by Gasteiger charge is -2.13. The van der Waals surface area contributed by atoms with Crippen LogP contribution in [0.15, 0.2) is 17.2 Å². The van der Waals surface area contributed by atoms with Crippen molar-refractivity contribution in [3.8, 4) is 11.5 Å². The predicted octanol–water partition coefficient (Wildman–Crippen LogP) is 1.97. The molecule has 1 aromatic carbocycles. The summed E-state index contributed by atoms with van der Waals surface area (Å²) in [5.74, 6) is 5.46. The Balaban J connectivity index is 2.93. The van der Waals surface area contributed by atoms with Crippen LogP contribution < -0.4 is 15.3 Å². The number of carbonyl (C=O) groups excluding carboxylic acids is 1. The standard InChI is InChI=1S/C13H17ClN2O4/c1-3-18-11-5-9(7-16-15)10(14)6-12(11)20-8-13(17)19-4-2/h5-7H,3-4,8,15H2,1-2H3. The molecule has 1 rings (SSSR count). The maximum Gasteiger partial charge on any atom is 0.344 e. The lowest BCUT2D eigenvalue weighted by molar-refractivity contribution is -0.145. The van der Waals surface area contributed by atoms with Crippen LogP contribution in [-0.4, -0.2) is 32.0 Å². The lowest BCUT2D eigenvalue weighted by atomic mass is 10.2. The molecular weight excluding hydrogens is 284 g/mol. The van der Waals surface area contributed by atoms with Crippen LogP contribution in [0, 0.1) is 0 Å². The van der Waals surface area contributed by atoms with Crippen molar-refractivity contribution >= 4 is 23.8 Å². The van der Waals surface area contributed by atoms with Crippen LogP contribution in [0.25, 0.3) is 0 Å². The summed E-state index contributed by atoms with van der Waals surface area (Å²) in [4.78, 5) is 11.3. The summed E-state index contributed by atoms with van der Waals surface area (Å²) >= 11 is 6.06. The highest BCUT2D eigenvalue weighted by atomic mass is 35.5. The maximum absolute atomic E-state index is 11.3. The fourth-order valence-corrected chi connectivity index (χ4v) is 1.65. The van der Waals surface area contributed by atoms with Gasteiger partial charge in [-0.15, -0.1) is 0 Å². The van der Waals surface area contributed by atoms with Crippen LogP contribution in [0.5, 0.6) is 11.5 Å². The van der Waals surface area contributed by atoms with Gasteiger partial charge in [0.1, 0.15) is 0 Å². The number of nitrogens with zero attached hydrogens (tertiary/aromatic N) is 1. The van der Waals surface area contributed by atoms with Gasteiger partial charge in [-0.3, -0.25) is 0 Å². The molecule has 0 aliphatic heterocycles. The highest BCUT2D eigenvalue weighted by molar-refractivity contribution is 6.33. The third kappa shape index (κ3) is 4.62. The number of hydrogen-bond donors (Lipinski definition) is 1. The average molecular weight is 301 g/mol. The van der Waals surface area contributed by atoms with Crippen molar-refractivity contribution in [2.75, 3.05) is 19.8 Å². The molecule has 0 heterocycles. The fourth-order valence-electron chi connectivity index (χ4n) is 1.45. The molecule has 110 valence electrons. The molecule has 0 radical (unpaired) electrons. The molecular formula is C13H17ClN2O4. The van der Waals surface area contributed by atoms with E-state index in [1.54, 1.807) is 19.1 Å². The van der Waals surface area contributed by atoms with Gasteiger partial charge in [0.05, 0.1) is 24.5 Å². The van der Waals surface area contributed by atoms with Crippen molar-refractivity contribution in [2.24, 2.45) is 10.9 Å². The Morgan fingerprint density at radius 2 is 2.00 bits per heavy atom. The molecule has 0 spiro atoms. The normalized spacial score (nSPS) is 10.6. The molecule has 6 nitrogen and oxygen atoms in total. The number of carbonyl (C=O) groups is 1. The van der Waals surface area contributed by atoms with Crippen molar-refractivity contribution < 1.29 is 19.0 Å². The zero-order chi connectivity index (χ0) is 15.0. The number of rotatable bonds is 7. The molecule has 2 N–H and O–H groups in total. The number of esters is 1. The van der Waals surface area contributed by atoms with Gasteiger partial charge < -0.3 is 20.1 Å². The van der Waals surface area contributed by atoms with Crippen LogP contribution in [-0.2, 0) is 9.53 Å². The molecule has 0 atom stereocenters. The van der Waals surface area contributed by atoms with Gasteiger partial charge in [-0.05, 0) is 19.9 Å². The summed E-state index contributed by atoms with van der Waals surface area (Å²) < 4.78 is 15.6. The van der Waals surface area contributed by atoms with Crippen LogP contribution in [0.3, 0.4) is 0 Å². The Hall–Kier alpha value is -1.95. The molecule has 0 fully saturated rings. The van der Waals surface area contributed by atoms with Gasteiger partial charge in [0.25, 0.3) is 0 Å². The van der Waals surface area contributed by atoms with Gasteiger partial charge >= 0.3 is 5.97 Å². The van der Waals surface area contributed by atoms with E-state index in [0.29, 0.717) is 35.3 Å². The Labute approximate surface area is 122 Å². The molecule has 0 saturated heterocycles. The van der Waals surface area contributed by atoms with E-state index >= 15 is 0 Å². The highest BCUT2D eigenvalue weighted by Gasteiger charge is 2.12. The first kappa shape index (κ1) is 16.1. The summed E-state index contributed by atoms with van der Waals surface area (Å²) in [6, 6.07) is 3.19. The van der Waals surface area contributed by atoms with E-state index in [0.717, 1.165) is 0 Å². The Morgan fingerprint density at radius 3 is 2.60 bits per heavy atom. The van der Waals surface area contributed by atoms with E-state index in [1.165, 1.54) is 6.21 Å². The van der Waals surface area contributed by atoms with Crippen molar-refractivity contribution in [1.29, 1.82) is 0 Å². The van der Waals surface area contributed by atoms with Crippen LogP contribution >= 0.6 is 11.6 Å². The number of nitrogens with two attached hydrogens (primary N) is 1. The van der Waals surface area contributed by atoms with E-state index in [4.69, 9.17) is 31.7 Å². The van der Waals surface area contributed by atoms with Gasteiger partial charge in [-0.25, -0.2) is 4.79 Å². The molecule has 20 heavy (non-hydrogen) atoms. The lowest BCUT2D eigenvalue weighted by Crippen LogP contribution is -2.15. The van der Waals surface area contributed by atoms with Gasteiger partial charge in [-0.2, -0.15) is 5.10 Å². The van der Waals surface area contributed by atoms with Crippen molar-refractivity contribution in [1.82, 2.24) is 0 Å². The first-order chi connectivity index (χ1) is 9.62. The monoisotopic (exact) mass is 300 g/mol. The minimum absolute atomic E-state index is 0.214. The van der Waals surface area contributed by atoms with E-state index in [1.807, 2.05) is 6.92 Å². The number of hydrogen-bond acceptors (Lipinski definition) is 6. The summed E-state index contributed by atoms with van der Waals surface area (Å²) in [5, 5.41) is 3.81. The Kier molecular flexibility index (Phi) is 6.66. The summed E-state index contributed by atoms with van der Waals surface area (Å²) in [6.07, 6.45) is 1.40. The SMILES string of the molecule is CCOC(=O)COc1cc(Cl)c(C=NN)cc1OCC. The van der Waals surface area contributed by atoms with Gasteiger partial charge in [-0.1, -0.05) is 11.6 Å². The summed E-state index contributed by atoms with van der Waals surface area (Å²) in [5.41, 5.74) is 0.598. The second-order valence-electron chi connectivity index (χ2n) is 3.63. The molecule has 0 unspecified atom stereocenters. The first-order valence-electron chi connectivity index (χ1n) is 6.10. The van der Waals surface area contributed by atoms with E-state index < -0.39 is 5.97 Å². The molecule has 0 aromatic heterocycles. The number of halogens is 1. The number of hydrazone groups is 1. The average Bonchev–Trinajstić information content (AvgIpc) is 2.41. The Morgan fingerprint density at radius 1 is 1.30 bits per heavy atom. The number of benzene rings is 1. The molecule has 0 aliphatic rings. The van der Waals surface area contributed by atoms with Crippen LogP contribution in [0.2, 0.25) is 5.02 Å². The molecule has 0 aliphatic carbocycles. The topological polar surface area (TPSA) is 83.1 Å². The van der Waals surface area contributed by atoms with Crippen LogP contribution in [0.4, 0.5) is 0 Å². The maximum atomic E-state index is 11.3. The zero-order valence-electron chi connectivity index (χ0n) is 11.4. The van der Waals surface area contributed by atoms with Gasteiger partial charge in [0.2, 0.25) is 0 Å². The quantitative estimate of drug-likeness (QED) is 0.360. The van der Waals surface area contributed by atoms with Gasteiger partial charge in [0.15, 0.2) is 18.1 Å². The molecule has 0 amide bonds. The second kappa shape index (κ2) is 8.27. The van der Waals surface area contributed by atoms with E-state index in [9.17, 15) is 4.79 Å². The molecule has 1 aromatic rings. The predicted molar refractivity (Wildman–Crippen MR) is 76.5 cm³/mol. The number of ether oxygens (including phenoxy) is 3. The molecule has 0 saturated carbocycles. The van der Waals surface area contributed by atoms with E-state index in [-0.39, 0.29) is 6.61 Å². The van der Waals surface area contributed by atoms with Crippen molar-refractivity contribution in [3.63, 3.8) is 0 Å². The second-order valence-corrected chi connectivity index (χ2v) is 4.03. The highest BCUT2D eigenvalue weighted by Crippen LogP contribution is 2.33. The summed E-state index contributed by atoms with van der Waals surface area (Å²) in [6.45, 7) is 4.08. The fraction of sp³-hybridized carbons (Fsp3) is 0.385. The smallest absolute Gasteiger partial charge is 0.344 e. The van der Waals surface area contributed by atoms with Crippen molar-refractivity contribution in [3.05, 3.63) is 22.7 Å². The minimum Gasteiger partial charge on any atom is -0.490 e. The minimum atomic E-state index is -0.460. The largest absolute Gasteiger partial charge is 0.490 e.